The molecule has 0 radical (unpaired) electrons. The molecule has 8 heteroatoms. The Hall–Kier alpha value is -3.39. The fraction of sp³-hybridized carbons (Fsp3) is 0.100. The number of nitrogens with one attached hydrogen (secondary N) is 1. The number of nitrogens with zero attached hydrogens (tertiary/aromatic N) is 4. The van der Waals surface area contributed by atoms with E-state index in [0.29, 0.717) is 18.1 Å². The van der Waals surface area contributed by atoms with E-state index in [1.807, 2.05) is 23.6 Å². The van der Waals surface area contributed by atoms with Gasteiger partial charge in [-0.2, -0.15) is 5.11 Å². The second kappa shape index (κ2) is 6.65. The third-order valence-electron chi connectivity index (χ3n) is 4.59. The Labute approximate surface area is 163 Å². The summed E-state index contributed by atoms with van der Waals surface area (Å²) in [5.74, 6) is 0.483. The summed E-state index contributed by atoms with van der Waals surface area (Å²) < 4.78 is 19.9. The van der Waals surface area contributed by atoms with Crippen molar-refractivity contribution in [2.24, 2.45) is 15.4 Å². The molecule has 2 aromatic carbocycles. The topological polar surface area (TPSA) is 71.2 Å². The van der Waals surface area contributed by atoms with Gasteiger partial charge < -0.3 is 10.1 Å². The molecule has 3 heterocycles. The molecule has 5 rings (SSSR count). The lowest BCUT2D eigenvalue weighted by Crippen LogP contribution is -2.02. The molecule has 1 aliphatic heterocycles. The lowest BCUT2D eigenvalue weighted by Gasteiger charge is -2.11. The molecule has 0 amide bonds. The number of hydrogen-bond acceptors (Lipinski definition) is 7. The Bertz CT molecular complexity index is 1280. The number of ether oxygens (including phenoxy) is 1. The van der Waals surface area contributed by atoms with Gasteiger partial charge in [0.05, 0.1) is 18.3 Å². The number of benzene rings is 2. The summed E-state index contributed by atoms with van der Waals surface area (Å²) in [6, 6.07) is 12.8. The van der Waals surface area contributed by atoms with Gasteiger partial charge >= 0.3 is 0 Å². The molecule has 0 aliphatic carbocycles. The van der Waals surface area contributed by atoms with Crippen molar-refractivity contribution in [1.29, 1.82) is 0 Å². The predicted molar refractivity (Wildman–Crippen MR) is 110 cm³/mol. The van der Waals surface area contributed by atoms with Gasteiger partial charge in [0.1, 0.15) is 12.4 Å². The Morgan fingerprint density at radius 3 is 2.86 bits per heavy atom. The minimum Gasteiger partial charge on any atom is -0.494 e. The summed E-state index contributed by atoms with van der Waals surface area (Å²) in [6.07, 6.45) is 0. The Balaban J connectivity index is 1.63. The van der Waals surface area contributed by atoms with Gasteiger partial charge in [0.2, 0.25) is 0 Å². The van der Waals surface area contributed by atoms with Crippen LogP contribution in [0.4, 0.5) is 15.9 Å². The second-order valence-electron chi connectivity index (χ2n) is 6.27. The van der Waals surface area contributed by atoms with Gasteiger partial charge in [0.15, 0.2) is 11.6 Å². The Morgan fingerprint density at radius 1 is 1.11 bits per heavy atom. The fourth-order valence-corrected chi connectivity index (χ4v) is 4.15. The molecule has 0 spiro atoms. The molecular formula is C20H14FN5OS. The zero-order chi connectivity index (χ0) is 19.1. The molecule has 0 fully saturated rings. The van der Waals surface area contributed by atoms with E-state index in [-0.39, 0.29) is 5.75 Å². The summed E-state index contributed by atoms with van der Waals surface area (Å²) in [7, 11) is 1.44. The predicted octanol–water partition coefficient (Wildman–Crippen LogP) is 5.51. The van der Waals surface area contributed by atoms with Crippen molar-refractivity contribution in [2.75, 3.05) is 19.0 Å². The van der Waals surface area contributed by atoms with Gasteiger partial charge in [-0.3, -0.25) is 0 Å². The first-order valence-corrected chi connectivity index (χ1v) is 9.46. The quantitative estimate of drug-likeness (QED) is 0.498. The van der Waals surface area contributed by atoms with Crippen LogP contribution in [0.5, 0.6) is 5.75 Å². The van der Waals surface area contributed by atoms with E-state index in [0.717, 1.165) is 32.3 Å². The summed E-state index contributed by atoms with van der Waals surface area (Å²) >= 11 is 1.66. The summed E-state index contributed by atoms with van der Waals surface area (Å²) in [4.78, 5) is 4.83. The Morgan fingerprint density at radius 2 is 2.04 bits per heavy atom. The lowest BCUT2D eigenvalue weighted by molar-refractivity contribution is 0.387. The number of anilines is 2. The normalized spacial score (nSPS) is 13.3. The lowest BCUT2D eigenvalue weighted by atomic mass is 10.1. The van der Waals surface area contributed by atoms with Crippen LogP contribution in [0.1, 0.15) is 5.56 Å². The molecule has 0 saturated carbocycles. The summed E-state index contributed by atoms with van der Waals surface area (Å²) in [6.45, 7) is 0.479. The first-order chi connectivity index (χ1) is 13.7. The maximum Gasteiger partial charge on any atom is 0.165 e. The SMILES string of the molecule is COc1cc(Nc2nc3cc(C4=NN=NC4)ccc3c3sccc23)ccc1F. The van der Waals surface area contributed by atoms with Crippen molar-refractivity contribution in [3.63, 3.8) is 0 Å². The molecule has 4 aromatic rings. The molecule has 0 unspecified atom stereocenters. The van der Waals surface area contributed by atoms with Gasteiger partial charge in [-0.05, 0) is 34.9 Å². The van der Waals surface area contributed by atoms with E-state index in [1.54, 1.807) is 23.5 Å². The van der Waals surface area contributed by atoms with Crippen molar-refractivity contribution in [1.82, 2.24) is 4.98 Å². The number of fused-ring (bicyclic) bond motifs is 3. The van der Waals surface area contributed by atoms with Crippen LogP contribution in [-0.4, -0.2) is 24.4 Å². The maximum atomic E-state index is 13.7. The number of rotatable bonds is 4. The average molecular weight is 391 g/mol. The molecule has 6 nitrogen and oxygen atoms in total. The van der Waals surface area contributed by atoms with Crippen molar-refractivity contribution in [3.05, 3.63) is 59.2 Å². The highest BCUT2D eigenvalue weighted by atomic mass is 32.1. The van der Waals surface area contributed by atoms with Crippen LogP contribution in [0.25, 0.3) is 21.0 Å². The van der Waals surface area contributed by atoms with Gasteiger partial charge in [-0.15, -0.1) is 16.4 Å². The van der Waals surface area contributed by atoms with E-state index in [1.165, 1.54) is 13.2 Å². The number of halogens is 1. The minimum absolute atomic E-state index is 0.182. The van der Waals surface area contributed by atoms with Crippen LogP contribution in [0, 0.1) is 5.82 Å². The number of methoxy groups -OCH3 is 1. The summed E-state index contributed by atoms with van der Waals surface area (Å²) in [5.41, 5.74) is 3.33. The molecule has 138 valence electrons. The van der Waals surface area contributed by atoms with Gasteiger partial charge in [-0.1, -0.05) is 12.1 Å². The van der Waals surface area contributed by atoms with Crippen molar-refractivity contribution >= 4 is 49.5 Å². The first-order valence-electron chi connectivity index (χ1n) is 8.58. The van der Waals surface area contributed by atoms with Gasteiger partial charge in [0.25, 0.3) is 0 Å². The van der Waals surface area contributed by atoms with Crippen LogP contribution in [0.15, 0.2) is 63.3 Å². The van der Waals surface area contributed by atoms with Crippen LogP contribution >= 0.6 is 11.3 Å². The third-order valence-corrected chi connectivity index (χ3v) is 5.54. The van der Waals surface area contributed by atoms with Crippen molar-refractivity contribution < 1.29 is 9.13 Å². The monoisotopic (exact) mass is 391 g/mol. The van der Waals surface area contributed by atoms with Gasteiger partial charge in [0, 0.05) is 32.8 Å². The van der Waals surface area contributed by atoms with Crippen molar-refractivity contribution in [2.45, 2.75) is 0 Å². The van der Waals surface area contributed by atoms with Gasteiger partial charge in [-0.25, -0.2) is 9.37 Å². The third kappa shape index (κ3) is 2.78. The molecule has 0 atom stereocenters. The Kier molecular flexibility index (Phi) is 3.98. The minimum atomic E-state index is -0.405. The largest absolute Gasteiger partial charge is 0.494 e. The van der Waals surface area contributed by atoms with E-state index >= 15 is 0 Å². The molecule has 1 aliphatic rings. The zero-order valence-corrected chi connectivity index (χ0v) is 15.6. The highest BCUT2D eigenvalue weighted by Gasteiger charge is 2.14. The zero-order valence-electron chi connectivity index (χ0n) is 14.8. The second-order valence-corrected chi connectivity index (χ2v) is 7.18. The highest BCUT2D eigenvalue weighted by molar-refractivity contribution is 7.18. The molecule has 2 aromatic heterocycles. The van der Waals surface area contributed by atoms with Crippen LogP contribution < -0.4 is 10.1 Å². The van der Waals surface area contributed by atoms with Crippen LogP contribution in [0.3, 0.4) is 0 Å². The fourth-order valence-electron chi connectivity index (χ4n) is 3.22. The molecule has 28 heavy (non-hydrogen) atoms. The van der Waals surface area contributed by atoms with E-state index in [2.05, 4.69) is 26.8 Å². The maximum absolute atomic E-state index is 13.7. The van der Waals surface area contributed by atoms with E-state index < -0.39 is 5.82 Å². The number of aromatic nitrogens is 1. The van der Waals surface area contributed by atoms with Crippen LogP contribution in [-0.2, 0) is 0 Å². The summed E-state index contributed by atoms with van der Waals surface area (Å²) in [5, 5.41) is 19.1. The smallest absolute Gasteiger partial charge is 0.165 e. The number of pyridine rings is 1. The van der Waals surface area contributed by atoms with E-state index in [4.69, 9.17) is 9.72 Å². The standard InChI is InChI=1S/C20H14FN5OS/c1-27-18-9-12(3-5-15(18)21)23-20-14-6-7-28-19(14)13-4-2-11(8-16(13)24-20)17-10-22-26-25-17/h2-9H,10H2,1H3,(H,23,24). The average Bonchev–Trinajstić information content (AvgIpc) is 3.41. The highest BCUT2D eigenvalue weighted by Crippen LogP contribution is 2.35. The molecular weight excluding hydrogens is 377 g/mol. The van der Waals surface area contributed by atoms with Crippen molar-refractivity contribution in [3.8, 4) is 5.75 Å². The first kappa shape index (κ1) is 16.8. The number of thiophene rings is 1. The molecule has 0 bridgehead atoms. The van der Waals surface area contributed by atoms with E-state index in [9.17, 15) is 4.39 Å². The molecule has 0 saturated heterocycles. The molecule has 1 N–H and O–H groups in total. The number of hydrogen-bond donors (Lipinski definition) is 1. The van der Waals surface area contributed by atoms with Crippen LogP contribution in [0.2, 0.25) is 0 Å².